The molecule has 4 fully saturated rings. The van der Waals surface area contributed by atoms with Gasteiger partial charge in [0.15, 0.2) is 5.67 Å². The lowest BCUT2D eigenvalue weighted by molar-refractivity contribution is -0.192. The van der Waals surface area contributed by atoms with Crippen molar-refractivity contribution in [1.82, 2.24) is 15.1 Å². The third-order valence-corrected chi connectivity index (χ3v) is 6.83. The number of alkyl halides is 4. The van der Waals surface area contributed by atoms with Gasteiger partial charge in [-0.1, -0.05) is 0 Å². The third-order valence-electron chi connectivity index (χ3n) is 6.83. The molecule has 12 heteroatoms. The predicted octanol–water partition coefficient (Wildman–Crippen LogP) is 1.73. The second kappa shape index (κ2) is 10.5. The first-order valence-electron chi connectivity index (χ1n) is 11.4. The SMILES string of the molecule is O=C(NCCN1CCCC1)[C@@H]1C[C@@H]2CCN(C(=O)C3(F)CCC3)C[C@H]2O1.O=C(O)C(F)(F)F. The van der Waals surface area contributed by atoms with E-state index in [1.807, 2.05) is 0 Å². The fourth-order valence-electron chi connectivity index (χ4n) is 4.73. The lowest BCUT2D eigenvalue weighted by Crippen LogP contribution is -2.55. The van der Waals surface area contributed by atoms with Crippen LogP contribution in [0.3, 0.4) is 0 Å². The number of ether oxygens (including phenoxy) is 1. The van der Waals surface area contributed by atoms with Crippen molar-refractivity contribution < 1.29 is 41.8 Å². The Morgan fingerprint density at radius 1 is 1.09 bits per heavy atom. The number of amides is 2. The lowest BCUT2D eigenvalue weighted by Gasteiger charge is -2.41. The third kappa shape index (κ3) is 6.56. The summed E-state index contributed by atoms with van der Waals surface area (Å²) in [6, 6.07) is 0. The summed E-state index contributed by atoms with van der Waals surface area (Å²) in [7, 11) is 0. The first-order chi connectivity index (χ1) is 15.5. The highest BCUT2D eigenvalue weighted by Gasteiger charge is 2.50. The normalized spacial score (nSPS) is 28.8. The molecule has 1 aliphatic carbocycles. The summed E-state index contributed by atoms with van der Waals surface area (Å²) < 4.78 is 52.1. The van der Waals surface area contributed by atoms with Crippen LogP contribution in [-0.2, 0) is 19.1 Å². The number of piperidine rings is 1. The number of nitrogens with zero attached hydrogens (tertiary/aromatic N) is 2. The summed E-state index contributed by atoms with van der Waals surface area (Å²) in [5.74, 6) is -2.88. The Kier molecular flexibility index (Phi) is 8.20. The fraction of sp³-hybridized carbons (Fsp3) is 0.857. The van der Waals surface area contributed by atoms with Gasteiger partial charge in [0.1, 0.15) is 6.10 Å². The van der Waals surface area contributed by atoms with E-state index in [4.69, 9.17) is 14.6 Å². The van der Waals surface area contributed by atoms with Gasteiger partial charge >= 0.3 is 12.1 Å². The molecule has 3 heterocycles. The maximum Gasteiger partial charge on any atom is 0.490 e. The predicted molar refractivity (Wildman–Crippen MR) is 108 cm³/mol. The standard InChI is InChI=1S/C19H30FN3O3.C2HF3O2/c20-19(5-3-6-19)18(25)23-10-4-14-12-15(26-16(14)13-23)17(24)21-7-11-22-8-1-2-9-22;3-2(4,5)1(6)7/h14-16H,1-13H2,(H,21,24);(H,6,7)/t14-,15-,16+;/m0./s1. The lowest BCUT2D eigenvalue weighted by atomic mass is 9.80. The topological polar surface area (TPSA) is 99.2 Å². The van der Waals surface area contributed by atoms with Crippen LogP contribution in [0.15, 0.2) is 0 Å². The molecule has 4 rings (SSSR count). The molecule has 0 aromatic carbocycles. The highest BCUT2D eigenvalue weighted by Crippen LogP contribution is 2.40. The molecule has 3 aliphatic heterocycles. The minimum Gasteiger partial charge on any atom is -0.475 e. The Morgan fingerprint density at radius 3 is 2.27 bits per heavy atom. The number of fused-ring (bicyclic) bond motifs is 1. The van der Waals surface area contributed by atoms with Crippen LogP contribution >= 0.6 is 0 Å². The van der Waals surface area contributed by atoms with E-state index in [0.29, 0.717) is 44.8 Å². The van der Waals surface area contributed by atoms with Crippen molar-refractivity contribution in [2.45, 2.75) is 69.0 Å². The van der Waals surface area contributed by atoms with Crippen molar-refractivity contribution >= 4 is 17.8 Å². The average molecular weight is 481 g/mol. The quantitative estimate of drug-likeness (QED) is 0.581. The average Bonchev–Trinajstić information content (AvgIpc) is 3.40. The van der Waals surface area contributed by atoms with E-state index in [2.05, 4.69) is 10.2 Å². The Hall–Kier alpha value is -1.95. The molecular weight excluding hydrogens is 450 g/mol. The molecular formula is C21H31F4N3O5. The number of carboxylic acids is 1. The van der Waals surface area contributed by atoms with Crippen LogP contribution in [0.2, 0.25) is 0 Å². The first kappa shape index (κ1) is 25.7. The molecule has 0 radical (unpaired) electrons. The van der Waals surface area contributed by atoms with Gasteiger partial charge in [0.2, 0.25) is 5.91 Å². The maximum atomic E-state index is 14.4. The molecule has 0 aromatic rings. The molecule has 1 saturated carbocycles. The van der Waals surface area contributed by atoms with Gasteiger partial charge in [0.05, 0.1) is 6.10 Å². The summed E-state index contributed by atoms with van der Waals surface area (Å²) >= 11 is 0. The molecule has 33 heavy (non-hydrogen) atoms. The number of rotatable bonds is 5. The van der Waals surface area contributed by atoms with E-state index in [0.717, 1.165) is 32.5 Å². The Labute approximate surface area is 189 Å². The van der Waals surface area contributed by atoms with Gasteiger partial charge in [-0.05, 0) is 64.0 Å². The second-order valence-electron chi connectivity index (χ2n) is 9.16. The number of carbonyl (C=O) groups is 3. The summed E-state index contributed by atoms with van der Waals surface area (Å²) in [6.07, 6.45) is -0.159. The van der Waals surface area contributed by atoms with Crippen LogP contribution in [0.4, 0.5) is 17.6 Å². The van der Waals surface area contributed by atoms with E-state index < -0.39 is 23.9 Å². The van der Waals surface area contributed by atoms with Crippen LogP contribution in [0, 0.1) is 5.92 Å². The Balaban J connectivity index is 0.000000383. The monoisotopic (exact) mass is 481 g/mol. The minimum absolute atomic E-state index is 0.0440. The van der Waals surface area contributed by atoms with E-state index in [-0.39, 0.29) is 17.9 Å². The van der Waals surface area contributed by atoms with Crippen molar-refractivity contribution in [3.8, 4) is 0 Å². The molecule has 4 aliphatic rings. The maximum absolute atomic E-state index is 14.4. The molecule has 0 bridgehead atoms. The van der Waals surface area contributed by atoms with Crippen LogP contribution in [0.5, 0.6) is 0 Å². The molecule has 8 nitrogen and oxygen atoms in total. The summed E-state index contributed by atoms with van der Waals surface area (Å²) in [5, 5.41) is 10.1. The summed E-state index contributed by atoms with van der Waals surface area (Å²) in [6.45, 7) is 4.81. The van der Waals surface area contributed by atoms with Crippen LogP contribution in [0.25, 0.3) is 0 Å². The zero-order valence-electron chi connectivity index (χ0n) is 18.4. The van der Waals surface area contributed by atoms with Crippen LogP contribution < -0.4 is 5.32 Å². The number of carbonyl (C=O) groups excluding carboxylic acids is 2. The molecule has 0 unspecified atom stereocenters. The van der Waals surface area contributed by atoms with Crippen molar-refractivity contribution in [2.24, 2.45) is 5.92 Å². The molecule has 188 valence electrons. The number of halogens is 4. The van der Waals surface area contributed by atoms with Gasteiger partial charge in [0.25, 0.3) is 5.91 Å². The molecule has 3 saturated heterocycles. The van der Waals surface area contributed by atoms with E-state index >= 15 is 0 Å². The summed E-state index contributed by atoms with van der Waals surface area (Å²) in [5.41, 5.74) is -1.64. The van der Waals surface area contributed by atoms with Crippen LogP contribution in [0.1, 0.15) is 44.9 Å². The summed E-state index contributed by atoms with van der Waals surface area (Å²) in [4.78, 5) is 37.7. The van der Waals surface area contributed by atoms with Crippen molar-refractivity contribution in [1.29, 1.82) is 0 Å². The fourth-order valence-corrected chi connectivity index (χ4v) is 4.73. The zero-order valence-corrected chi connectivity index (χ0v) is 18.4. The van der Waals surface area contributed by atoms with Gasteiger partial charge in [0, 0.05) is 26.2 Å². The molecule has 0 aromatic heterocycles. The van der Waals surface area contributed by atoms with Gasteiger partial charge in [-0.2, -0.15) is 13.2 Å². The number of likely N-dealkylation sites (tertiary alicyclic amines) is 2. The van der Waals surface area contributed by atoms with Gasteiger partial charge in [-0.25, -0.2) is 9.18 Å². The van der Waals surface area contributed by atoms with Crippen molar-refractivity contribution in [2.75, 3.05) is 39.3 Å². The Morgan fingerprint density at radius 2 is 1.73 bits per heavy atom. The number of nitrogens with one attached hydrogen (secondary N) is 1. The largest absolute Gasteiger partial charge is 0.490 e. The molecule has 2 amide bonds. The highest BCUT2D eigenvalue weighted by atomic mass is 19.4. The van der Waals surface area contributed by atoms with Crippen molar-refractivity contribution in [3.63, 3.8) is 0 Å². The second-order valence-corrected chi connectivity index (χ2v) is 9.16. The number of carboxylic acid groups (broad SMARTS) is 1. The number of aliphatic carboxylic acids is 1. The van der Waals surface area contributed by atoms with E-state index in [1.165, 1.54) is 12.8 Å². The number of hydrogen-bond acceptors (Lipinski definition) is 5. The van der Waals surface area contributed by atoms with Crippen molar-refractivity contribution in [3.05, 3.63) is 0 Å². The smallest absolute Gasteiger partial charge is 0.475 e. The van der Waals surface area contributed by atoms with Gasteiger partial charge in [-0.3, -0.25) is 9.59 Å². The van der Waals surface area contributed by atoms with Gasteiger partial charge in [-0.15, -0.1) is 0 Å². The zero-order chi connectivity index (χ0) is 24.2. The first-order valence-corrected chi connectivity index (χ1v) is 11.4. The molecule has 0 spiro atoms. The van der Waals surface area contributed by atoms with Crippen LogP contribution in [-0.4, -0.2) is 96.0 Å². The number of hydrogen-bond donors (Lipinski definition) is 2. The van der Waals surface area contributed by atoms with E-state index in [9.17, 15) is 27.2 Å². The Bertz CT molecular complexity index is 725. The van der Waals surface area contributed by atoms with E-state index in [1.54, 1.807) is 4.90 Å². The molecule has 2 N–H and O–H groups in total. The van der Waals surface area contributed by atoms with Gasteiger partial charge < -0.3 is 25.0 Å². The molecule has 3 atom stereocenters. The highest BCUT2D eigenvalue weighted by molar-refractivity contribution is 5.86. The minimum atomic E-state index is -5.08.